The number of hydrogen-bond acceptors (Lipinski definition) is 4. The van der Waals surface area contributed by atoms with Crippen LogP contribution in [0.2, 0.25) is 0 Å². The van der Waals surface area contributed by atoms with Crippen molar-refractivity contribution in [2.24, 2.45) is 5.73 Å². The molecule has 0 aromatic carbocycles. The molecule has 1 radical (unpaired) electrons. The van der Waals surface area contributed by atoms with Gasteiger partial charge in [0.15, 0.2) is 0 Å². The van der Waals surface area contributed by atoms with Crippen molar-refractivity contribution in [3.63, 3.8) is 0 Å². The van der Waals surface area contributed by atoms with Gasteiger partial charge in [0.05, 0.1) is 0 Å². The molecule has 0 unspecified atom stereocenters. The molecular formula is C9H24NO3Si. The summed E-state index contributed by atoms with van der Waals surface area (Å²) >= 11 is 0. The maximum Gasteiger partial charge on any atom is 0.577 e. The molecule has 0 aliphatic rings. The van der Waals surface area contributed by atoms with Gasteiger partial charge in [-0.3, -0.25) is 0 Å². The van der Waals surface area contributed by atoms with Crippen LogP contribution in [-0.2, 0) is 13.3 Å². The van der Waals surface area contributed by atoms with Gasteiger partial charge in [-0.1, -0.05) is 6.92 Å². The second-order valence-electron chi connectivity index (χ2n) is 2.34. The van der Waals surface area contributed by atoms with E-state index in [4.69, 9.17) is 19.0 Å². The summed E-state index contributed by atoms with van der Waals surface area (Å²) in [4.78, 5) is 0. The van der Waals surface area contributed by atoms with Gasteiger partial charge in [-0.05, 0) is 33.7 Å². The Hall–Kier alpha value is 0.0569. The smallest absolute Gasteiger partial charge is 0.371 e. The maximum atomic E-state index is 5.18. The number of nitrogens with two attached hydrogens (primary N) is 1. The van der Waals surface area contributed by atoms with Gasteiger partial charge in [-0.2, -0.15) is 0 Å². The van der Waals surface area contributed by atoms with E-state index >= 15 is 0 Å². The number of rotatable bonds is 7. The van der Waals surface area contributed by atoms with E-state index < -0.39 is 9.53 Å². The zero-order valence-corrected chi connectivity index (χ0v) is 10.8. The second-order valence-corrected chi connectivity index (χ2v) is 3.70. The van der Waals surface area contributed by atoms with Gasteiger partial charge in [-0.15, -0.1) is 0 Å². The third-order valence-electron chi connectivity index (χ3n) is 1.08. The predicted molar refractivity (Wildman–Crippen MR) is 60.0 cm³/mol. The van der Waals surface area contributed by atoms with Crippen molar-refractivity contribution in [3.8, 4) is 0 Å². The van der Waals surface area contributed by atoms with Crippen molar-refractivity contribution in [3.05, 3.63) is 0 Å². The van der Waals surface area contributed by atoms with Gasteiger partial charge in [0.1, 0.15) is 0 Å². The summed E-state index contributed by atoms with van der Waals surface area (Å²) in [5.41, 5.74) is 5.03. The minimum atomic E-state index is -1.40. The molecule has 0 amide bonds. The highest BCUT2D eigenvalue weighted by atomic mass is 28.3. The van der Waals surface area contributed by atoms with Crippen LogP contribution < -0.4 is 5.73 Å². The topological polar surface area (TPSA) is 53.7 Å². The first-order valence-corrected chi connectivity index (χ1v) is 6.44. The summed E-state index contributed by atoms with van der Waals surface area (Å²) in [7, 11) is -1.40. The van der Waals surface area contributed by atoms with Gasteiger partial charge < -0.3 is 19.0 Å². The Morgan fingerprint density at radius 2 is 1.14 bits per heavy atom. The lowest BCUT2D eigenvalue weighted by atomic mass is 10.5. The fourth-order valence-corrected chi connectivity index (χ4v) is 1.44. The van der Waals surface area contributed by atoms with Crippen LogP contribution >= 0.6 is 0 Å². The summed E-state index contributed by atoms with van der Waals surface area (Å²) in [5, 5.41) is 0. The Morgan fingerprint density at radius 1 is 0.857 bits per heavy atom. The summed E-state index contributed by atoms with van der Waals surface area (Å²) in [6.07, 6.45) is 1.10. The predicted octanol–water partition coefficient (Wildman–Crippen LogP) is 1.44. The quantitative estimate of drug-likeness (QED) is 0.662. The van der Waals surface area contributed by atoms with Crippen LogP contribution in [0.4, 0.5) is 0 Å². The molecule has 0 bridgehead atoms. The van der Waals surface area contributed by atoms with Crippen LogP contribution in [0.3, 0.4) is 0 Å². The molecule has 0 aliphatic heterocycles. The fourth-order valence-electron chi connectivity index (χ4n) is 0.479. The van der Waals surface area contributed by atoms with Crippen LogP contribution in [0.5, 0.6) is 0 Å². The van der Waals surface area contributed by atoms with Crippen LogP contribution in [0.15, 0.2) is 0 Å². The molecule has 0 aromatic heterocycles. The fraction of sp³-hybridized carbons (Fsp3) is 1.00. The molecule has 0 fully saturated rings. The molecule has 4 nitrogen and oxygen atoms in total. The molecule has 0 heterocycles. The largest absolute Gasteiger partial charge is 0.577 e. The van der Waals surface area contributed by atoms with Gasteiger partial charge in [0.25, 0.3) is 0 Å². The second kappa shape index (κ2) is 15.5. The van der Waals surface area contributed by atoms with E-state index in [9.17, 15) is 0 Å². The highest BCUT2D eigenvalue weighted by Crippen LogP contribution is 1.90. The van der Waals surface area contributed by atoms with E-state index in [2.05, 4.69) is 6.92 Å². The van der Waals surface area contributed by atoms with Crippen molar-refractivity contribution >= 4 is 9.53 Å². The molecule has 2 N–H and O–H groups in total. The zero-order valence-electron chi connectivity index (χ0n) is 9.84. The Labute approximate surface area is 89.7 Å². The van der Waals surface area contributed by atoms with Gasteiger partial charge >= 0.3 is 9.53 Å². The molecule has 0 saturated heterocycles. The lowest BCUT2D eigenvalue weighted by Crippen LogP contribution is -2.27. The monoisotopic (exact) mass is 222 g/mol. The van der Waals surface area contributed by atoms with Crippen LogP contribution in [-0.4, -0.2) is 35.9 Å². The maximum absolute atomic E-state index is 5.18. The molecule has 0 rings (SSSR count). The molecule has 14 heavy (non-hydrogen) atoms. The Morgan fingerprint density at radius 3 is 1.29 bits per heavy atom. The molecular weight excluding hydrogens is 198 g/mol. The first-order chi connectivity index (χ1) is 6.76. The van der Waals surface area contributed by atoms with Crippen LogP contribution in [0, 0.1) is 0 Å². The highest BCUT2D eigenvalue weighted by Gasteiger charge is 2.15. The Bertz CT molecular complexity index is 79.9. The summed E-state index contributed by atoms with van der Waals surface area (Å²) < 4.78 is 15.5. The van der Waals surface area contributed by atoms with E-state index in [0.29, 0.717) is 19.8 Å². The molecule has 0 atom stereocenters. The van der Waals surface area contributed by atoms with Crippen LogP contribution in [0.1, 0.15) is 34.1 Å². The third-order valence-corrected chi connectivity index (χ3v) is 2.65. The summed E-state index contributed by atoms with van der Waals surface area (Å²) in [6, 6.07) is 0. The zero-order chi connectivity index (χ0) is 11.2. The molecule has 0 aromatic rings. The van der Waals surface area contributed by atoms with E-state index in [1.165, 1.54) is 0 Å². The number of hydrogen-bond donors (Lipinski definition) is 1. The lowest BCUT2D eigenvalue weighted by Gasteiger charge is -2.10. The SMILES string of the molecule is CCCN.CCO[Si](OCC)OCC. The molecule has 0 spiro atoms. The van der Waals surface area contributed by atoms with Crippen molar-refractivity contribution in [1.82, 2.24) is 0 Å². The van der Waals surface area contributed by atoms with Gasteiger partial charge in [0, 0.05) is 19.8 Å². The minimum Gasteiger partial charge on any atom is -0.371 e. The Balaban J connectivity index is 0. The molecule has 0 saturated carbocycles. The Kier molecular flexibility index (Phi) is 18.3. The van der Waals surface area contributed by atoms with Crippen LogP contribution in [0.25, 0.3) is 0 Å². The lowest BCUT2D eigenvalue weighted by molar-refractivity contribution is 0.107. The molecule has 5 heteroatoms. The minimum absolute atomic E-state index is 0.661. The van der Waals surface area contributed by atoms with Crippen molar-refractivity contribution < 1.29 is 13.3 Å². The van der Waals surface area contributed by atoms with E-state index in [1.54, 1.807) is 0 Å². The average molecular weight is 222 g/mol. The van der Waals surface area contributed by atoms with Crippen molar-refractivity contribution in [2.45, 2.75) is 34.1 Å². The molecule has 87 valence electrons. The highest BCUT2D eigenvalue weighted by molar-refractivity contribution is 6.36. The average Bonchev–Trinajstić information content (AvgIpc) is 2.20. The first-order valence-electron chi connectivity index (χ1n) is 5.22. The third kappa shape index (κ3) is 14.6. The van der Waals surface area contributed by atoms with Gasteiger partial charge in [0.2, 0.25) is 0 Å². The standard InChI is InChI=1S/C6H15O3Si.C3H9N/c1-4-7-10(8-5-2)9-6-3;1-2-3-4/h4-6H2,1-3H3;2-4H2,1H3. The van der Waals surface area contributed by atoms with Gasteiger partial charge in [-0.25, -0.2) is 0 Å². The first kappa shape index (κ1) is 16.5. The van der Waals surface area contributed by atoms with E-state index in [0.717, 1.165) is 13.0 Å². The van der Waals surface area contributed by atoms with Crippen molar-refractivity contribution in [1.29, 1.82) is 0 Å². The van der Waals surface area contributed by atoms with E-state index in [-0.39, 0.29) is 0 Å². The van der Waals surface area contributed by atoms with Crippen molar-refractivity contribution in [2.75, 3.05) is 26.4 Å². The summed E-state index contributed by atoms with van der Waals surface area (Å²) in [5.74, 6) is 0. The molecule has 0 aliphatic carbocycles. The summed E-state index contributed by atoms with van der Waals surface area (Å²) in [6.45, 7) is 10.7. The van der Waals surface area contributed by atoms with E-state index in [1.807, 2.05) is 20.8 Å². The normalized spacial score (nSPS) is 9.86.